The fourth-order valence-electron chi connectivity index (χ4n) is 2.21. The molecule has 0 saturated heterocycles. The van der Waals surface area contributed by atoms with Crippen LogP contribution in [0.1, 0.15) is 20.3 Å². The molecule has 3 atom stereocenters. The second-order valence-electron chi connectivity index (χ2n) is 5.34. The second-order valence-corrected chi connectivity index (χ2v) is 5.34. The molecule has 8 nitrogen and oxygen atoms in total. The lowest BCUT2D eigenvalue weighted by Gasteiger charge is -2.30. The summed E-state index contributed by atoms with van der Waals surface area (Å²) in [5, 5.41) is 28.8. The van der Waals surface area contributed by atoms with Crippen LogP contribution < -0.4 is 0 Å². The third-order valence-electron chi connectivity index (χ3n) is 3.48. The number of aliphatic hydroxyl groups is 2. The van der Waals surface area contributed by atoms with Gasteiger partial charge in [0.25, 0.3) is 6.29 Å². The number of carbonyl (C=O) groups is 1. The summed E-state index contributed by atoms with van der Waals surface area (Å²) in [5.41, 5.74) is 1.51. The predicted molar refractivity (Wildman–Crippen MR) is 97.9 cm³/mol. The molecule has 0 fully saturated rings. The van der Waals surface area contributed by atoms with E-state index in [1.54, 1.807) is 7.05 Å². The molecule has 26 heavy (non-hydrogen) atoms. The maximum atomic E-state index is 11.1. The Kier molecular flexibility index (Phi) is 8.47. The summed E-state index contributed by atoms with van der Waals surface area (Å²) in [6.45, 7) is 7.21. The average molecular weight is 364 g/mol. The maximum Gasteiger partial charge on any atom is 0.371 e. The number of aliphatic hydroxyl groups excluding tert-OH is 2. The van der Waals surface area contributed by atoms with E-state index in [4.69, 9.17) is 14.6 Å². The Morgan fingerprint density at radius 2 is 2.12 bits per heavy atom. The fourth-order valence-corrected chi connectivity index (χ4v) is 2.21. The lowest BCUT2D eigenvalue weighted by atomic mass is 10.1. The molecular weight excluding hydrogens is 340 g/mol. The molecule has 0 aromatic rings. The van der Waals surface area contributed by atoms with Crippen molar-refractivity contribution in [1.82, 2.24) is 0 Å². The Bertz CT molecular complexity index is 675. The number of rotatable bonds is 8. The zero-order valence-electron chi connectivity index (χ0n) is 15.0. The zero-order valence-corrected chi connectivity index (χ0v) is 15.0. The molecule has 0 radical (unpaired) electrons. The van der Waals surface area contributed by atoms with Crippen molar-refractivity contribution in [3.63, 3.8) is 0 Å². The fraction of sp³-hybridized carbons (Fsp3) is 0.389. The summed E-state index contributed by atoms with van der Waals surface area (Å²) in [7, 11) is 1.58. The van der Waals surface area contributed by atoms with E-state index >= 15 is 0 Å². The molecule has 0 spiro atoms. The molecule has 1 heterocycles. The highest BCUT2D eigenvalue weighted by Gasteiger charge is 2.37. The quantitative estimate of drug-likeness (QED) is 0.341. The van der Waals surface area contributed by atoms with Gasteiger partial charge in [0.2, 0.25) is 11.6 Å². The Morgan fingerprint density at radius 1 is 1.42 bits per heavy atom. The van der Waals surface area contributed by atoms with Gasteiger partial charge in [0.05, 0.1) is 0 Å². The summed E-state index contributed by atoms with van der Waals surface area (Å²) in [5.74, 6) is -1.89. The summed E-state index contributed by atoms with van der Waals surface area (Å²) >= 11 is 0. The van der Waals surface area contributed by atoms with Crippen molar-refractivity contribution in [2.75, 3.05) is 7.05 Å². The number of hydrogen-bond acceptors (Lipinski definition) is 7. The first-order valence-electron chi connectivity index (χ1n) is 7.92. The Balaban J connectivity index is 3.17. The first-order chi connectivity index (χ1) is 12.4. The van der Waals surface area contributed by atoms with Crippen molar-refractivity contribution in [2.24, 2.45) is 9.98 Å². The highest BCUT2D eigenvalue weighted by molar-refractivity contribution is 5.84. The molecule has 0 aromatic carbocycles. The minimum absolute atomic E-state index is 0.0161. The molecule has 8 heteroatoms. The van der Waals surface area contributed by atoms with Gasteiger partial charge in [-0.3, -0.25) is 4.99 Å². The zero-order chi connectivity index (χ0) is 19.7. The molecule has 3 unspecified atom stereocenters. The van der Waals surface area contributed by atoms with Gasteiger partial charge in [0.15, 0.2) is 6.10 Å². The van der Waals surface area contributed by atoms with Gasteiger partial charge in [-0.1, -0.05) is 18.2 Å². The van der Waals surface area contributed by atoms with Gasteiger partial charge in [-0.2, -0.15) is 0 Å². The van der Waals surface area contributed by atoms with E-state index in [0.717, 1.165) is 11.6 Å². The third kappa shape index (κ3) is 5.68. The molecular formula is C18H24N2O6. The Morgan fingerprint density at radius 3 is 2.62 bits per heavy atom. The summed E-state index contributed by atoms with van der Waals surface area (Å²) < 4.78 is 10.6. The molecule has 1 aliphatic heterocycles. The van der Waals surface area contributed by atoms with Crippen molar-refractivity contribution in [1.29, 1.82) is 0 Å². The predicted octanol–water partition coefficient (Wildman–Crippen LogP) is 1.57. The van der Waals surface area contributed by atoms with E-state index in [-0.39, 0.29) is 5.88 Å². The molecule has 0 aliphatic carbocycles. The number of aliphatic carboxylic acids is 1. The molecule has 142 valence electrons. The highest BCUT2D eigenvalue weighted by atomic mass is 16.7. The van der Waals surface area contributed by atoms with Crippen LogP contribution in [0.3, 0.4) is 0 Å². The lowest BCUT2D eigenvalue weighted by molar-refractivity contribution is -0.192. The minimum atomic E-state index is -1.49. The molecule has 0 bridgehead atoms. The van der Waals surface area contributed by atoms with Crippen LogP contribution in [0.15, 0.2) is 57.1 Å². The van der Waals surface area contributed by atoms with Crippen LogP contribution in [0.4, 0.5) is 0 Å². The number of hydrogen-bond donors (Lipinski definition) is 3. The molecule has 0 amide bonds. The van der Waals surface area contributed by atoms with Crippen LogP contribution in [-0.2, 0) is 14.3 Å². The SMILES string of the molecule is C=N/C(OC1OC(C(=O)O)=CC(O)C1O)=C(\C=NC)CC(/C=C\C)=C/C. The lowest BCUT2D eigenvalue weighted by Crippen LogP contribution is -2.44. The van der Waals surface area contributed by atoms with Crippen molar-refractivity contribution in [2.45, 2.75) is 38.8 Å². The molecule has 1 rings (SSSR count). The number of carboxylic acid groups (broad SMARTS) is 1. The summed E-state index contributed by atoms with van der Waals surface area (Å²) in [6, 6.07) is 0. The van der Waals surface area contributed by atoms with E-state index < -0.39 is 30.2 Å². The van der Waals surface area contributed by atoms with Crippen molar-refractivity contribution >= 4 is 18.9 Å². The number of carboxylic acids is 1. The van der Waals surface area contributed by atoms with E-state index in [0.29, 0.717) is 12.0 Å². The van der Waals surface area contributed by atoms with Crippen LogP contribution in [0.25, 0.3) is 0 Å². The van der Waals surface area contributed by atoms with Gasteiger partial charge in [0.1, 0.15) is 6.10 Å². The second kappa shape index (κ2) is 10.3. The number of nitrogens with zero attached hydrogens (tertiary/aromatic N) is 2. The largest absolute Gasteiger partial charge is 0.475 e. The topological polar surface area (TPSA) is 121 Å². The van der Waals surface area contributed by atoms with Crippen LogP contribution >= 0.6 is 0 Å². The monoisotopic (exact) mass is 364 g/mol. The average Bonchev–Trinajstić information content (AvgIpc) is 2.61. The third-order valence-corrected chi connectivity index (χ3v) is 3.48. The molecule has 3 N–H and O–H groups in total. The molecule has 1 aliphatic rings. The van der Waals surface area contributed by atoms with E-state index in [1.807, 2.05) is 32.1 Å². The normalized spacial score (nSPS) is 24.9. The van der Waals surface area contributed by atoms with Gasteiger partial charge < -0.3 is 24.8 Å². The van der Waals surface area contributed by atoms with Gasteiger partial charge in [0, 0.05) is 25.3 Å². The van der Waals surface area contributed by atoms with Crippen LogP contribution in [0.5, 0.6) is 0 Å². The van der Waals surface area contributed by atoms with Crippen LogP contribution in [0.2, 0.25) is 0 Å². The first-order valence-corrected chi connectivity index (χ1v) is 7.92. The standard InChI is InChI=1S/C18H24N2O6/c1-5-7-11(6-2)8-12(10-19-3)16(20-4)26-18-15(22)13(21)9-14(25-18)17(23)24/h5-7,9-10,13,15,18,21-22H,4,8H2,1-3H3,(H,23,24)/b7-5-,11-6+,16-12+,19-10?. The van der Waals surface area contributed by atoms with Crippen LogP contribution in [-0.4, -0.2) is 59.8 Å². The van der Waals surface area contributed by atoms with Gasteiger partial charge >= 0.3 is 5.97 Å². The number of ether oxygens (including phenoxy) is 2. The smallest absolute Gasteiger partial charge is 0.371 e. The number of aliphatic imine (C=N–C) groups is 2. The maximum absolute atomic E-state index is 11.1. The summed E-state index contributed by atoms with van der Waals surface area (Å²) in [6.07, 6.45) is 4.13. The molecule has 0 saturated carbocycles. The van der Waals surface area contributed by atoms with Crippen molar-refractivity contribution in [3.8, 4) is 0 Å². The highest BCUT2D eigenvalue weighted by Crippen LogP contribution is 2.24. The van der Waals surface area contributed by atoms with Crippen LogP contribution in [0, 0.1) is 0 Å². The first kappa shape index (κ1) is 21.3. The summed E-state index contributed by atoms with van der Waals surface area (Å²) in [4.78, 5) is 18.8. The van der Waals surface area contributed by atoms with E-state index in [9.17, 15) is 15.0 Å². The van der Waals surface area contributed by atoms with Crippen molar-refractivity contribution in [3.05, 3.63) is 47.1 Å². The van der Waals surface area contributed by atoms with Gasteiger partial charge in [-0.15, -0.1) is 0 Å². The number of allylic oxidation sites excluding steroid dienone is 5. The van der Waals surface area contributed by atoms with E-state index in [2.05, 4.69) is 16.7 Å². The molecule has 0 aromatic heterocycles. The Labute approximate surface area is 152 Å². The van der Waals surface area contributed by atoms with Crippen molar-refractivity contribution < 1.29 is 29.6 Å². The van der Waals surface area contributed by atoms with E-state index in [1.165, 1.54) is 6.21 Å². The Hall–Kier alpha value is -2.71. The van der Waals surface area contributed by atoms with Gasteiger partial charge in [-0.25, -0.2) is 9.79 Å². The van der Waals surface area contributed by atoms with Gasteiger partial charge in [-0.05, 0) is 32.2 Å². The minimum Gasteiger partial charge on any atom is -0.475 e.